The van der Waals surface area contributed by atoms with Crippen molar-refractivity contribution in [3.05, 3.63) is 35.9 Å². The van der Waals surface area contributed by atoms with E-state index in [9.17, 15) is 8.42 Å². The van der Waals surface area contributed by atoms with Gasteiger partial charge in [-0.25, -0.2) is 8.42 Å². The highest BCUT2D eigenvalue weighted by atomic mass is 32.2. The summed E-state index contributed by atoms with van der Waals surface area (Å²) in [6.45, 7) is 0.414. The van der Waals surface area contributed by atoms with Gasteiger partial charge in [0.25, 0.3) is 0 Å². The van der Waals surface area contributed by atoms with E-state index >= 15 is 0 Å². The highest BCUT2D eigenvalue weighted by Crippen LogP contribution is 2.31. The quantitative estimate of drug-likeness (QED) is 0.764. The summed E-state index contributed by atoms with van der Waals surface area (Å²) in [5, 5.41) is -0.173. The van der Waals surface area contributed by atoms with E-state index < -0.39 is 10.0 Å². The van der Waals surface area contributed by atoms with Gasteiger partial charge >= 0.3 is 0 Å². The lowest BCUT2D eigenvalue weighted by Crippen LogP contribution is -2.42. The van der Waals surface area contributed by atoms with Crippen LogP contribution in [0.15, 0.2) is 30.3 Å². The topological polar surface area (TPSA) is 46.6 Å². The molecule has 0 radical (unpaired) electrons. The molecule has 2 rings (SSSR count). The summed E-state index contributed by atoms with van der Waals surface area (Å²) in [4.78, 5) is 0. The fraction of sp³-hybridized carbons (Fsp3) is 0.571. The predicted octanol–water partition coefficient (Wildman–Crippen LogP) is 1.67. The van der Waals surface area contributed by atoms with Crippen LogP contribution in [-0.4, -0.2) is 44.8 Å². The van der Waals surface area contributed by atoms with Gasteiger partial charge in [-0.05, 0) is 24.8 Å². The first-order valence-corrected chi connectivity index (χ1v) is 8.05. The van der Waals surface area contributed by atoms with Crippen LogP contribution >= 0.6 is 0 Å². The standard InChI is InChI=1S/C14H21NO3S/c1-15(19(16,17)14-8-9-14)13(11-18-2)10-12-6-4-3-5-7-12/h3-7,13-14H,8-11H2,1-2H3/t13-/m1/s1. The van der Waals surface area contributed by atoms with Gasteiger partial charge in [0.1, 0.15) is 0 Å². The Bertz CT molecular complexity index is 497. The van der Waals surface area contributed by atoms with E-state index in [1.54, 1.807) is 14.2 Å². The van der Waals surface area contributed by atoms with Crippen molar-refractivity contribution in [1.29, 1.82) is 0 Å². The molecule has 0 aromatic heterocycles. The van der Waals surface area contributed by atoms with E-state index in [0.717, 1.165) is 18.4 Å². The molecule has 19 heavy (non-hydrogen) atoms. The van der Waals surface area contributed by atoms with Crippen molar-refractivity contribution in [3.63, 3.8) is 0 Å². The average Bonchev–Trinajstić information content (AvgIpc) is 3.23. The van der Waals surface area contributed by atoms with Crippen LogP contribution in [0.3, 0.4) is 0 Å². The monoisotopic (exact) mass is 283 g/mol. The van der Waals surface area contributed by atoms with Gasteiger partial charge in [-0.3, -0.25) is 0 Å². The molecule has 4 nitrogen and oxygen atoms in total. The summed E-state index contributed by atoms with van der Waals surface area (Å²) in [6.07, 6.45) is 2.26. The SMILES string of the molecule is COC[C@@H](Cc1ccccc1)N(C)S(=O)(=O)C1CC1. The number of ether oxygens (including phenoxy) is 1. The fourth-order valence-electron chi connectivity index (χ4n) is 2.18. The minimum absolute atomic E-state index is 0.141. The van der Waals surface area contributed by atoms with E-state index in [0.29, 0.717) is 13.0 Å². The molecule has 5 heteroatoms. The number of likely N-dealkylation sites (N-methyl/N-ethyl adjacent to an activating group) is 1. The van der Waals surface area contributed by atoms with Crippen molar-refractivity contribution in [1.82, 2.24) is 4.31 Å². The number of hydrogen-bond acceptors (Lipinski definition) is 3. The summed E-state index contributed by atoms with van der Waals surface area (Å²) in [6, 6.07) is 9.78. The number of sulfonamides is 1. The maximum absolute atomic E-state index is 12.3. The van der Waals surface area contributed by atoms with Gasteiger partial charge < -0.3 is 4.74 Å². The largest absolute Gasteiger partial charge is 0.383 e. The van der Waals surface area contributed by atoms with Crippen LogP contribution in [0.4, 0.5) is 0 Å². The molecular formula is C14H21NO3S. The molecule has 1 aliphatic rings. The van der Waals surface area contributed by atoms with Crippen molar-refractivity contribution >= 4 is 10.0 Å². The van der Waals surface area contributed by atoms with E-state index in [1.165, 1.54) is 4.31 Å². The molecule has 0 unspecified atom stereocenters. The molecular weight excluding hydrogens is 262 g/mol. The third kappa shape index (κ3) is 3.55. The summed E-state index contributed by atoms with van der Waals surface area (Å²) in [7, 11) is 0.120. The molecule has 1 aliphatic carbocycles. The molecule has 106 valence electrons. The second-order valence-corrected chi connectivity index (χ2v) is 7.33. The molecule has 0 N–H and O–H groups in total. The lowest BCUT2D eigenvalue weighted by Gasteiger charge is -2.27. The molecule has 1 aromatic rings. The Morgan fingerprint density at radius 2 is 1.95 bits per heavy atom. The summed E-state index contributed by atoms with van der Waals surface area (Å²) in [5.41, 5.74) is 1.13. The molecule has 1 aromatic carbocycles. The van der Waals surface area contributed by atoms with Gasteiger partial charge in [-0.1, -0.05) is 30.3 Å². The van der Waals surface area contributed by atoms with Crippen molar-refractivity contribution in [2.75, 3.05) is 20.8 Å². The molecule has 1 atom stereocenters. The van der Waals surface area contributed by atoms with Crippen molar-refractivity contribution in [2.24, 2.45) is 0 Å². The number of hydrogen-bond donors (Lipinski definition) is 0. The molecule has 1 fully saturated rings. The Morgan fingerprint density at radius 3 is 2.47 bits per heavy atom. The summed E-state index contributed by atoms with van der Waals surface area (Å²) >= 11 is 0. The molecule has 0 aliphatic heterocycles. The third-order valence-electron chi connectivity index (χ3n) is 3.53. The van der Waals surface area contributed by atoms with E-state index in [-0.39, 0.29) is 11.3 Å². The molecule has 0 heterocycles. The Labute approximate surface area is 115 Å². The normalized spacial score (nSPS) is 17.6. The van der Waals surface area contributed by atoms with Gasteiger partial charge in [-0.15, -0.1) is 0 Å². The number of benzene rings is 1. The maximum Gasteiger partial charge on any atom is 0.217 e. The second kappa shape index (κ2) is 6.03. The lowest BCUT2D eigenvalue weighted by molar-refractivity contribution is 0.141. The van der Waals surface area contributed by atoms with Crippen LogP contribution in [0.2, 0.25) is 0 Å². The van der Waals surface area contributed by atoms with E-state index in [2.05, 4.69) is 0 Å². The Morgan fingerprint density at radius 1 is 1.32 bits per heavy atom. The van der Waals surface area contributed by atoms with Gasteiger partial charge in [0.2, 0.25) is 10.0 Å². The fourth-order valence-corrected chi connectivity index (χ4v) is 3.93. The van der Waals surface area contributed by atoms with Crippen LogP contribution in [0.25, 0.3) is 0 Å². The maximum atomic E-state index is 12.3. The first kappa shape index (κ1) is 14.5. The first-order valence-electron chi connectivity index (χ1n) is 6.55. The van der Waals surface area contributed by atoms with Crippen molar-refractivity contribution < 1.29 is 13.2 Å². The zero-order valence-electron chi connectivity index (χ0n) is 11.5. The molecule has 0 amide bonds. The smallest absolute Gasteiger partial charge is 0.217 e. The highest BCUT2D eigenvalue weighted by Gasteiger charge is 2.40. The zero-order chi connectivity index (χ0) is 13.9. The Balaban J connectivity index is 2.11. The average molecular weight is 283 g/mol. The van der Waals surface area contributed by atoms with Crippen LogP contribution in [0.5, 0.6) is 0 Å². The summed E-state index contributed by atoms with van der Waals surface area (Å²) < 4.78 is 31.2. The minimum atomic E-state index is -3.15. The second-order valence-electron chi connectivity index (χ2n) is 5.06. The van der Waals surface area contributed by atoms with Crippen LogP contribution in [0.1, 0.15) is 18.4 Å². The van der Waals surface area contributed by atoms with Crippen LogP contribution < -0.4 is 0 Å². The Hall–Kier alpha value is -0.910. The van der Waals surface area contributed by atoms with Gasteiger partial charge in [0.15, 0.2) is 0 Å². The molecule has 1 saturated carbocycles. The molecule has 0 bridgehead atoms. The zero-order valence-corrected chi connectivity index (χ0v) is 12.3. The van der Waals surface area contributed by atoms with Gasteiger partial charge in [0, 0.05) is 14.2 Å². The van der Waals surface area contributed by atoms with Crippen LogP contribution in [-0.2, 0) is 21.2 Å². The van der Waals surface area contributed by atoms with Crippen molar-refractivity contribution in [2.45, 2.75) is 30.6 Å². The first-order chi connectivity index (χ1) is 9.05. The third-order valence-corrected chi connectivity index (χ3v) is 5.95. The highest BCUT2D eigenvalue weighted by molar-refractivity contribution is 7.90. The minimum Gasteiger partial charge on any atom is -0.383 e. The van der Waals surface area contributed by atoms with Crippen molar-refractivity contribution in [3.8, 4) is 0 Å². The lowest BCUT2D eigenvalue weighted by atomic mass is 10.1. The number of methoxy groups -OCH3 is 1. The molecule has 0 saturated heterocycles. The van der Waals surface area contributed by atoms with Gasteiger partial charge in [0.05, 0.1) is 17.9 Å². The van der Waals surface area contributed by atoms with Crippen LogP contribution in [0, 0.1) is 0 Å². The predicted molar refractivity (Wildman–Crippen MR) is 75.5 cm³/mol. The van der Waals surface area contributed by atoms with E-state index in [4.69, 9.17) is 4.74 Å². The van der Waals surface area contributed by atoms with E-state index in [1.807, 2.05) is 30.3 Å². The number of rotatable bonds is 7. The summed E-state index contributed by atoms with van der Waals surface area (Å²) in [5.74, 6) is 0. The number of nitrogens with zero attached hydrogens (tertiary/aromatic N) is 1. The van der Waals surface area contributed by atoms with Gasteiger partial charge in [-0.2, -0.15) is 4.31 Å². The Kier molecular flexibility index (Phi) is 4.60. The molecule has 0 spiro atoms.